The van der Waals surface area contributed by atoms with Crippen LogP contribution in [0.5, 0.6) is 0 Å². The minimum Gasteiger partial charge on any atom is -0.361 e. The smallest absolute Gasteiger partial charge is 0.259 e. The quantitative estimate of drug-likeness (QED) is 0.908. The minimum absolute atomic E-state index is 0.0147. The molecule has 6 heteroatoms. The standard InChI is InChI=1S/C14H18N4O2/c1-8-6-15-16-13(8)11-4-5-18(7-11)14(19)12-9(2)17-20-10(12)3/h6,11H,4-5,7H2,1-3H3,(H,15,16). The average molecular weight is 274 g/mol. The van der Waals surface area contributed by atoms with Crippen LogP contribution in [0, 0.1) is 20.8 Å². The molecule has 0 aliphatic carbocycles. The molecule has 1 fully saturated rings. The largest absolute Gasteiger partial charge is 0.361 e. The van der Waals surface area contributed by atoms with Crippen molar-refractivity contribution in [1.29, 1.82) is 0 Å². The van der Waals surface area contributed by atoms with Crippen LogP contribution in [0.2, 0.25) is 0 Å². The van der Waals surface area contributed by atoms with Crippen molar-refractivity contribution in [3.05, 3.63) is 34.5 Å². The summed E-state index contributed by atoms with van der Waals surface area (Å²) in [5, 5.41) is 11.0. The summed E-state index contributed by atoms with van der Waals surface area (Å²) < 4.78 is 5.08. The minimum atomic E-state index is 0.0147. The molecule has 2 aromatic rings. The zero-order valence-electron chi connectivity index (χ0n) is 11.9. The average Bonchev–Trinajstić information content (AvgIpc) is 3.10. The zero-order valence-corrected chi connectivity index (χ0v) is 11.9. The van der Waals surface area contributed by atoms with Gasteiger partial charge in [0.05, 0.1) is 11.9 Å². The highest BCUT2D eigenvalue weighted by atomic mass is 16.5. The molecule has 20 heavy (non-hydrogen) atoms. The lowest BCUT2D eigenvalue weighted by Gasteiger charge is -2.16. The number of aromatic amines is 1. The third-order valence-electron chi connectivity index (χ3n) is 4.00. The molecule has 106 valence electrons. The lowest BCUT2D eigenvalue weighted by molar-refractivity contribution is 0.0788. The van der Waals surface area contributed by atoms with Crippen molar-refractivity contribution in [2.24, 2.45) is 0 Å². The fourth-order valence-corrected chi connectivity index (χ4v) is 2.90. The van der Waals surface area contributed by atoms with Crippen LogP contribution in [0.1, 0.15) is 45.4 Å². The van der Waals surface area contributed by atoms with Crippen LogP contribution >= 0.6 is 0 Å². The highest BCUT2D eigenvalue weighted by Gasteiger charge is 2.32. The van der Waals surface area contributed by atoms with Gasteiger partial charge in [-0.3, -0.25) is 9.89 Å². The monoisotopic (exact) mass is 274 g/mol. The summed E-state index contributed by atoms with van der Waals surface area (Å²) in [6.07, 6.45) is 2.78. The van der Waals surface area contributed by atoms with Gasteiger partial charge in [0, 0.05) is 24.7 Å². The van der Waals surface area contributed by atoms with Crippen molar-refractivity contribution >= 4 is 5.91 Å². The number of carbonyl (C=O) groups excluding carboxylic acids is 1. The van der Waals surface area contributed by atoms with Crippen molar-refractivity contribution in [1.82, 2.24) is 20.3 Å². The lowest BCUT2D eigenvalue weighted by Crippen LogP contribution is -2.29. The van der Waals surface area contributed by atoms with E-state index in [0.717, 1.165) is 24.2 Å². The first-order chi connectivity index (χ1) is 9.58. The number of H-pyrrole nitrogens is 1. The van der Waals surface area contributed by atoms with Gasteiger partial charge in [0.2, 0.25) is 0 Å². The van der Waals surface area contributed by atoms with Gasteiger partial charge in [-0.25, -0.2) is 0 Å². The van der Waals surface area contributed by atoms with E-state index in [1.54, 1.807) is 13.8 Å². The molecule has 0 bridgehead atoms. The lowest BCUT2D eigenvalue weighted by atomic mass is 10.0. The molecule has 1 saturated heterocycles. The van der Waals surface area contributed by atoms with Crippen LogP contribution in [-0.2, 0) is 0 Å². The zero-order chi connectivity index (χ0) is 14.3. The Morgan fingerprint density at radius 3 is 2.85 bits per heavy atom. The highest BCUT2D eigenvalue weighted by Crippen LogP contribution is 2.29. The Morgan fingerprint density at radius 2 is 2.25 bits per heavy atom. The molecule has 6 nitrogen and oxygen atoms in total. The highest BCUT2D eigenvalue weighted by molar-refractivity contribution is 5.96. The number of likely N-dealkylation sites (tertiary alicyclic amines) is 1. The van der Waals surface area contributed by atoms with Gasteiger partial charge in [-0.15, -0.1) is 0 Å². The summed E-state index contributed by atoms with van der Waals surface area (Å²) in [5.41, 5.74) is 3.56. The van der Waals surface area contributed by atoms with E-state index in [2.05, 4.69) is 15.4 Å². The maximum atomic E-state index is 12.5. The van der Waals surface area contributed by atoms with Gasteiger partial charge in [0.1, 0.15) is 11.3 Å². The maximum absolute atomic E-state index is 12.5. The number of nitrogens with one attached hydrogen (secondary N) is 1. The van der Waals surface area contributed by atoms with E-state index in [0.29, 0.717) is 29.5 Å². The van der Waals surface area contributed by atoms with Crippen molar-refractivity contribution in [3.8, 4) is 0 Å². The number of amides is 1. The second-order valence-corrected chi connectivity index (χ2v) is 5.40. The number of rotatable bonds is 2. The molecule has 0 spiro atoms. The molecule has 0 aromatic carbocycles. The van der Waals surface area contributed by atoms with Gasteiger partial charge in [-0.05, 0) is 32.8 Å². The van der Waals surface area contributed by atoms with E-state index in [1.807, 2.05) is 18.0 Å². The predicted octanol–water partition coefficient (Wildman–Crippen LogP) is 1.95. The Hall–Kier alpha value is -2.11. The topological polar surface area (TPSA) is 75.0 Å². The summed E-state index contributed by atoms with van der Waals surface area (Å²) in [4.78, 5) is 14.4. The van der Waals surface area contributed by atoms with Crippen molar-refractivity contribution in [2.75, 3.05) is 13.1 Å². The van der Waals surface area contributed by atoms with Crippen LogP contribution in [0.15, 0.2) is 10.7 Å². The van der Waals surface area contributed by atoms with Crippen molar-refractivity contribution in [3.63, 3.8) is 0 Å². The number of carbonyl (C=O) groups is 1. The SMILES string of the molecule is Cc1cn[nH]c1C1CCN(C(=O)c2c(C)noc2C)C1. The molecule has 1 N–H and O–H groups in total. The molecule has 3 rings (SSSR count). The van der Waals surface area contributed by atoms with Crippen LogP contribution in [0.25, 0.3) is 0 Å². The molecule has 0 saturated carbocycles. The molecule has 0 radical (unpaired) electrons. The first-order valence-electron chi connectivity index (χ1n) is 6.80. The fourth-order valence-electron chi connectivity index (χ4n) is 2.90. The molecule has 1 amide bonds. The second kappa shape index (κ2) is 4.77. The predicted molar refractivity (Wildman–Crippen MR) is 72.6 cm³/mol. The fraction of sp³-hybridized carbons (Fsp3) is 0.500. The number of hydrogen-bond acceptors (Lipinski definition) is 4. The van der Waals surface area contributed by atoms with Crippen molar-refractivity contribution < 1.29 is 9.32 Å². The van der Waals surface area contributed by atoms with E-state index >= 15 is 0 Å². The summed E-state index contributed by atoms with van der Waals surface area (Å²) in [6.45, 7) is 7.09. The molecule has 2 aromatic heterocycles. The number of hydrogen-bond donors (Lipinski definition) is 1. The van der Waals surface area contributed by atoms with Crippen molar-refractivity contribution in [2.45, 2.75) is 33.1 Å². The summed E-state index contributed by atoms with van der Waals surface area (Å²) >= 11 is 0. The van der Waals surface area contributed by atoms with Gasteiger partial charge in [0.15, 0.2) is 0 Å². The summed E-state index contributed by atoms with van der Waals surface area (Å²) in [6, 6.07) is 0. The third kappa shape index (κ3) is 2.01. The number of aryl methyl sites for hydroxylation is 3. The van der Waals surface area contributed by atoms with Crippen LogP contribution in [0.3, 0.4) is 0 Å². The molecular formula is C14H18N4O2. The molecule has 3 heterocycles. The van der Waals surface area contributed by atoms with Gasteiger partial charge in [0.25, 0.3) is 5.91 Å². The van der Waals surface area contributed by atoms with Crippen LogP contribution < -0.4 is 0 Å². The Balaban J connectivity index is 1.78. The summed E-state index contributed by atoms with van der Waals surface area (Å²) in [5.74, 6) is 0.941. The second-order valence-electron chi connectivity index (χ2n) is 5.40. The van der Waals surface area contributed by atoms with Gasteiger partial charge in [-0.1, -0.05) is 5.16 Å². The maximum Gasteiger partial charge on any atom is 0.259 e. The van der Waals surface area contributed by atoms with Gasteiger partial charge in [-0.2, -0.15) is 5.10 Å². The van der Waals surface area contributed by atoms with E-state index < -0.39 is 0 Å². The summed E-state index contributed by atoms with van der Waals surface area (Å²) in [7, 11) is 0. The van der Waals surface area contributed by atoms with Gasteiger partial charge >= 0.3 is 0 Å². The third-order valence-corrected chi connectivity index (χ3v) is 4.00. The molecule has 1 atom stereocenters. The molecule has 1 aliphatic rings. The van der Waals surface area contributed by atoms with Crippen LogP contribution in [0.4, 0.5) is 0 Å². The number of aromatic nitrogens is 3. The van der Waals surface area contributed by atoms with Crippen LogP contribution in [-0.4, -0.2) is 39.3 Å². The first kappa shape index (κ1) is 12.9. The number of nitrogens with zero attached hydrogens (tertiary/aromatic N) is 3. The Morgan fingerprint density at radius 1 is 1.45 bits per heavy atom. The molecule has 1 unspecified atom stereocenters. The first-order valence-corrected chi connectivity index (χ1v) is 6.80. The molecule has 1 aliphatic heterocycles. The normalized spacial score (nSPS) is 18.8. The van der Waals surface area contributed by atoms with E-state index in [-0.39, 0.29) is 5.91 Å². The Labute approximate surface area is 117 Å². The Bertz CT molecular complexity index is 624. The molecular weight excluding hydrogens is 256 g/mol. The van der Waals surface area contributed by atoms with E-state index in [4.69, 9.17) is 4.52 Å². The van der Waals surface area contributed by atoms with Gasteiger partial charge < -0.3 is 9.42 Å². The van der Waals surface area contributed by atoms with E-state index in [9.17, 15) is 4.79 Å². The van der Waals surface area contributed by atoms with E-state index in [1.165, 1.54) is 0 Å². The Kier molecular flexibility index (Phi) is 3.08.